The van der Waals surface area contributed by atoms with Gasteiger partial charge in [0.1, 0.15) is 5.82 Å². The number of aromatic nitrogens is 2. The summed E-state index contributed by atoms with van der Waals surface area (Å²) in [4.78, 5) is 12.0. The number of hydrogen-bond donors (Lipinski definition) is 2. The SMILES string of the molecule is Cc1cc(-c2cc(Cc3n[nH]c(=O)c4ccccc34)ccc2F)cc(Cl)c1N. The Morgan fingerprint density at radius 2 is 1.86 bits per heavy atom. The Bertz CT molecular complexity index is 1240. The minimum absolute atomic E-state index is 0.230. The fourth-order valence-corrected chi connectivity index (χ4v) is 3.58. The summed E-state index contributed by atoms with van der Waals surface area (Å²) in [6.07, 6.45) is 0.451. The minimum Gasteiger partial charge on any atom is -0.397 e. The van der Waals surface area contributed by atoms with E-state index in [1.165, 1.54) is 6.07 Å². The van der Waals surface area contributed by atoms with Gasteiger partial charge in [-0.25, -0.2) is 9.49 Å². The van der Waals surface area contributed by atoms with Crippen LogP contribution in [0.3, 0.4) is 0 Å². The summed E-state index contributed by atoms with van der Waals surface area (Å²) in [7, 11) is 0. The molecule has 1 heterocycles. The standard InChI is InChI=1S/C22H17ClFN3O/c1-12-8-14(11-18(23)21(12)25)17-9-13(6-7-19(17)24)10-20-15-4-2-3-5-16(15)22(28)27-26-20/h2-9,11H,10,25H2,1H3,(H,27,28). The first kappa shape index (κ1) is 18.2. The Hall–Kier alpha value is -3.18. The van der Waals surface area contributed by atoms with Crippen LogP contribution < -0.4 is 11.3 Å². The van der Waals surface area contributed by atoms with Crippen molar-refractivity contribution in [3.05, 3.63) is 92.6 Å². The number of aryl methyl sites for hydroxylation is 1. The van der Waals surface area contributed by atoms with Crippen LogP contribution in [0, 0.1) is 12.7 Å². The Kier molecular flexibility index (Phi) is 4.61. The third-order valence-electron chi connectivity index (χ3n) is 4.82. The van der Waals surface area contributed by atoms with E-state index in [2.05, 4.69) is 10.2 Å². The zero-order chi connectivity index (χ0) is 19.8. The highest BCUT2D eigenvalue weighted by Crippen LogP contribution is 2.32. The van der Waals surface area contributed by atoms with Crippen LogP contribution in [0.25, 0.3) is 21.9 Å². The third-order valence-corrected chi connectivity index (χ3v) is 5.14. The second kappa shape index (κ2) is 7.09. The molecule has 0 aliphatic heterocycles. The Labute approximate surface area is 165 Å². The van der Waals surface area contributed by atoms with Crippen molar-refractivity contribution >= 4 is 28.1 Å². The normalized spacial score (nSPS) is 11.1. The molecule has 6 heteroatoms. The van der Waals surface area contributed by atoms with Crippen LogP contribution in [0.5, 0.6) is 0 Å². The van der Waals surface area contributed by atoms with E-state index in [4.69, 9.17) is 17.3 Å². The monoisotopic (exact) mass is 393 g/mol. The summed E-state index contributed by atoms with van der Waals surface area (Å²) in [6.45, 7) is 1.84. The van der Waals surface area contributed by atoms with Crippen LogP contribution >= 0.6 is 11.6 Å². The van der Waals surface area contributed by atoms with Gasteiger partial charge in [0.25, 0.3) is 5.56 Å². The maximum Gasteiger partial charge on any atom is 0.272 e. The smallest absolute Gasteiger partial charge is 0.272 e. The molecule has 0 saturated carbocycles. The van der Waals surface area contributed by atoms with Crippen molar-refractivity contribution in [1.29, 1.82) is 0 Å². The second-order valence-electron chi connectivity index (χ2n) is 6.72. The predicted molar refractivity (Wildman–Crippen MR) is 111 cm³/mol. The van der Waals surface area contributed by atoms with Crippen molar-refractivity contribution < 1.29 is 4.39 Å². The highest BCUT2D eigenvalue weighted by Gasteiger charge is 2.12. The Balaban J connectivity index is 1.79. The summed E-state index contributed by atoms with van der Waals surface area (Å²) in [6, 6.07) is 15.7. The lowest BCUT2D eigenvalue weighted by molar-refractivity contribution is 0.630. The van der Waals surface area contributed by atoms with Crippen molar-refractivity contribution in [1.82, 2.24) is 10.2 Å². The molecule has 3 N–H and O–H groups in total. The highest BCUT2D eigenvalue weighted by atomic mass is 35.5. The molecule has 0 radical (unpaired) electrons. The maximum absolute atomic E-state index is 14.5. The lowest BCUT2D eigenvalue weighted by Crippen LogP contribution is -2.11. The molecule has 0 unspecified atom stereocenters. The summed E-state index contributed by atoms with van der Waals surface area (Å²) < 4.78 is 14.5. The maximum atomic E-state index is 14.5. The molecule has 0 aliphatic carbocycles. The number of fused-ring (bicyclic) bond motifs is 1. The van der Waals surface area contributed by atoms with Gasteiger partial charge >= 0.3 is 0 Å². The van der Waals surface area contributed by atoms with Crippen LogP contribution in [0.15, 0.2) is 59.4 Å². The van der Waals surface area contributed by atoms with E-state index >= 15 is 0 Å². The first-order valence-corrected chi connectivity index (χ1v) is 9.12. The molecule has 0 bridgehead atoms. The largest absolute Gasteiger partial charge is 0.397 e. The molecule has 0 fully saturated rings. The summed E-state index contributed by atoms with van der Waals surface area (Å²) in [5, 5.41) is 8.49. The van der Waals surface area contributed by atoms with Crippen molar-refractivity contribution in [3.8, 4) is 11.1 Å². The van der Waals surface area contributed by atoms with Crippen molar-refractivity contribution in [3.63, 3.8) is 0 Å². The van der Waals surface area contributed by atoms with E-state index < -0.39 is 0 Å². The van der Waals surface area contributed by atoms with Gasteiger partial charge in [-0.2, -0.15) is 5.10 Å². The van der Waals surface area contributed by atoms with E-state index in [-0.39, 0.29) is 11.4 Å². The molecule has 140 valence electrons. The van der Waals surface area contributed by atoms with Gasteiger partial charge in [0.05, 0.1) is 21.8 Å². The summed E-state index contributed by atoms with van der Waals surface area (Å²) >= 11 is 6.18. The van der Waals surface area contributed by atoms with E-state index in [0.29, 0.717) is 33.6 Å². The van der Waals surface area contributed by atoms with Gasteiger partial charge in [0, 0.05) is 17.4 Å². The van der Waals surface area contributed by atoms with Gasteiger partial charge < -0.3 is 5.73 Å². The molecule has 4 aromatic rings. The molecule has 1 aromatic heterocycles. The molecule has 4 rings (SSSR count). The zero-order valence-corrected chi connectivity index (χ0v) is 15.8. The van der Waals surface area contributed by atoms with Gasteiger partial charge in [-0.3, -0.25) is 4.79 Å². The number of nitrogens with one attached hydrogen (secondary N) is 1. The van der Waals surface area contributed by atoms with Crippen molar-refractivity contribution in [2.45, 2.75) is 13.3 Å². The number of rotatable bonds is 3. The number of nitrogen functional groups attached to an aromatic ring is 1. The van der Waals surface area contributed by atoms with Crippen molar-refractivity contribution in [2.24, 2.45) is 0 Å². The Morgan fingerprint density at radius 3 is 2.61 bits per heavy atom. The number of aromatic amines is 1. The quantitative estimate of drug-likeness (QED) is 0.488. The van der Waals surface area contributed by atoms with Gasteiger partial charge in [-0.1, -0.05) is 35.9 Å². The molecule has 0 aliphatic rings. The number of halogens is 2. The van der Waals surface area contributed by atoms with Crippen molar-refractivity contribution in [2.75, 3.05) is 5.73 Å². The highest BCUT2D eigenvalue weighted by molar-refractivity contribution is 6.33. The first-order chi connectivity index (χ1) is 13.4. The minimum atomic E-state index is -0.344. The molecule has 0 atom stereocenters. The number of anilines is 1. The molecule has 28 heavy (non-hydrogen) atoms. The molecule has 4 nitrogen and oxygen atoms in total. The van der Waals surface area contributed by atoms with Crippen LogP contribution in [0.4, 0.5) is 10.1 Å². The van der Waals surface area contributed by atoms with E-state index in [1.807, 2.05) is 31.2 Å². The molecule has 0 saturated heterocycles. The molecular weight excluding hydrogens is 377 g/mol. The lowest BCUT2D eigenvalue weighted by atomic mass is 9.97. The average Bonchev–Trinajstić information content (AvgIpc) is 2.69. The topological polar surface area (TPSA) is 71.8 Å². The van der Waals surface area contributed by atoms with Gasteiger partial charge in [0.2, 0.25) is 0 Å². The Morgan fingerprint density at radius 1 is 1.11 bits per heavy atom. The zero-order valence-electron chi connectivity index (χ0n) is 15.1. The number of benzene rings is 3. The summed E-state index contributed by atoms with van der Waals surface area (Å²) in [5.74, 6) is -0.344. The second-order valence-corrected chi connectivity index (χ2v) is 7.13. The molecule has 0 amide bonds. The number of hydrogen-bond acceptors (Lipinski definition) is 3. The van der Waals surface area contributed by atoms with Crippen LogP contribution in [-0.4, -0.2) is 10.2 Å². The fourth-order valence-electron chi connectivity index (χ4n) is 3.31. The van der Waals surface area contributed by atoms with Gasteiger partial charge in [-0.15, -0.1) is 0 Å². The summed E-state index contributed by atoms with van der Waals surface area (Å²) in [5.41, 5.74) is 9.65. The third kappa shape index (κ3) is 3.25. The van der Waals surface area contributed by atoms with Gasteiger partial charge in [0.15, 0.2) is 0 Å². The van der Waals surface area contributed by atoms with Crippen LogP contribution in [0.1, 0.15) is 16.8 Å². The van der Waals surface area contributed by atoms with E-state index in [0.717, 1.165) is 22.2 Å². The predicted octanol–water partition coefficient (Wildman–Crippen LogP) is 4.86. The average molecular weight is 394 g/mol. The van der Waals surface area contributed by atoms with Crippen LogP contribution in [-0.2, 0) is 6.42 Å². The number of nitrogens with two attached hydrogens (primary N) is 1. The molecule has 3 aromatic carbocycles. The number of H-pyrrole nitrogens is 1. The first-order valence-electron chi connectivity index (χ1n) is 8.75. The fraction of sp³-hybridized carbons (Fsp3) is 0.0909. The lowest BCUT2D eigenvalue weighted by Gasteiger charge is -2.11. The van der Waals surface area contributed by atoms with Gasteiger partial charge in [-0.05, 0) is 53.9 Å². The van der Waals surface area contributed by atoms with E-state index in [9.17, 15) is 9.18 Å². The molecular formula is C22H17ClFN3O. The number of nitrogens with zero attached hydrogens (tertiary/aromatic N) is 1. The van der Waals surface area contributed by atoms with Crippen LogP contribution in [0.2, 0.25) is 5.02 Å². The molecule has 0 spiro atoms. The van der Waals surface area contributed by atoms with E-state index in [1.54, 1.807) is 24.3 Å².